The Labute approximate surface area is 130 Å². The molecular formula is C15H12N4O2S. The van der Waals surface area contributed by atoms with Crippen LogP contribution in [0.15, 0.2) is 47.9 Å². The van der Waals surface area contributed by atoms with Crippen LogP contribution >= 0.6 is 11.8 Å². The molecule has 0 saturated carbocycles. The lowest BCUT2D eigenvalue weighted by atomic mass is 10.0. The maximum Gasteiger partial charge on any atom is 0.339 e. The number of rotatable bonds is 4. The predicted octanol–water partition coefficient (Wildman–Crippen LogP) is 2.95. The average molecular weight is 312 g/mol. The van der Waals surface area contributed by atoms with Crippen molar-refractivity contribution in [3.63, 3.8) is 0 Å². The summed E-state index contributed by atoms with van der Waals surface area (Å²) in [6.07, 6.45) is 4.88. The number of nitrogens with one attached hydrogen (secondary N) is 1. The molecule has 3 aromatic rings. The van der Waals surface area contributed by atoms with Gasteiger partial charge in [0.1, 0.15) is 5.56 Å². The standard InChI is InChI=1S/C15H12N4O2S/c1-22-15-16-8-11(14(20)21)13(18-15)10-4-2-9(3-5-10)12-6-7-17-19-12/h2-8H,1H3,(H,17,19)(H,20,21). The number of aromatic amines is 1. The fourth-order valence-corrected chi connectivity index (χ4v) is 2.41. The molecule has 7 heteroatoms. The lowest BCUT2D eigenvalue weighted by Crippen LogP contribution is -2.04. The molecule has 0 aliphatic rings. The Bertz CT molecular complexity index is 801. The molecule has 1 aromatic carbocycles. The van der Waals surface area contributed by atoms with Gasteiger partial charge in [0.15, 0.2) is 5.16 Å². The van der Waals surface area contributed by atoms with Gasteiger partial charge in [-0.1, -0.05) is 36.0 Å². The highest BCUT2D eigenvalue weighted by molar-refractivity contribution is 7.98. The first-order valence-electron chi connectivity index (χ1n) is 6.43. The number of carboxylic acid groups (broad SMARTS) is 1. The maximum absolute atomic E-state index is 11.3. The second-order valence-corrected chi connectivity index (χ2v) is 5.25. The van der Waals surface area contributed by atoms with E-state index in [0.29, 0.717) is 10.9 Å². The summed E-state index contributed by atoms with van der Waals surface area (Å²) in [6.45, 7) is 0. The van der Waals surface area contributed by atoms with Crippen LogP contribution in [0.3, 0.4) is 0 Å². The number of hydrogen-bond acceptors (Lipinski definition) is 5. The third-order valence-electron chi connectivity index (χ3n) is 3.15. The molecule has 22 heavy (non-hydrogen) atoms. The number of carboxylic acids is 1. The molecule has 6 nitrogen and oxygen atoms in total. The lowest BCUT2D eigenvalue weighted by molar-refractivity contribution is 0.0696. The topological polar surface area (TPSA) is 91.8 Å². The first kappa shape index (κ1) is 14.3. The van der Waals surface area contributed by atoms with Crippen molar-refractivity contribution < 1.29 is 9.90 Å². The first-order chi connectivity index (χ1) is 10.7. The van der Waals surface area contributed by atoms with Crippen LogP contribution in [0.1, 0.15) is 10.4 Å². The molecule has 3 rings (SSSR count). The SMILES string of the molecule is CSc1ncc(C(=O)O)c(-c2ccc(-c3ccn[nH]3)cc2)n1. The highest BCUT2D eigenvalue weighted by Gasteiger charge is 2.15. The third kappa shape index (κ3) is 2.71. The number of hydrogen-bond donors (Lipinski definition) is 2. The van der Waals surface area contributed by atoms with Gasteiger partial charge >= 0.3 is 5.97 Å². The van der Waals surface area contributed by atoms with Gasteiger partial charge in [-0.25, -0.2) is 14.8 Å². The minimum atomic E-state index is -1.04. The number of nitrogens with zero attached hydrogens (tertiary/aromatic N) is 3. The molecule has 0 aliphatic heterocycles. The Morgan fingerprint density at radius 3 is 2.50 bits per heavy atom. The Balaban J connectivity index is 2.05. The third-order valence-corrected chi connectivity index (χ3v) is 3.71. The van der Waals surface area contributed by atoms with E-state index in [1.807, 2.05) is 36.6 Å². The summed E-state index contributed by atoms with van der Waals surface area (Å²) in [6, 6.07) is 9.35. The van der Waals surface area contributed by atoms with Crippen molar-refractivity contribution in [3.8, 4) is 22.5 Å². The molecule has 2 heterocycles. The molecule has 0 atom stereocenters. The highest BCUT2D eigenvalue weighted by Crippen LogP contribution is 2.26. The van der Waals surface area contributed by atoms with E-state index >= 15 is 0 Å². The first-order valence-corrected chi connectivity index (χ1v) is 7.66. The number of H-pyrrole nitrogens is 1. The van der Waals surface area contributed by atoms with Crippen molar-refractivity contribution in [2.45, 2.75) is 5.16 Å². The quantitative estimate of drug-likeness (QED) is 0.568. The second-order valence-electron chi connectivity index (χ2n) is 4.47. The van der Waals surface area contributed by atoms with Gasteiger partial charge in [-0.05, 0) is 17.9 Å². The summed E-state index contributed by atoms with van der Waals surface area (Å²) in [4.78, 5) is 19.7. The smallest absolute Gasteiger partial charge is 0.339 e. The number of aromatic nitrogens is 4. The zero-order chi connectivity index (χ0) is 15.5. The fraction of sp³-hybridized carbons (Fsp3) is 0.0667. The minimum Gasteiger partial charge on any atom is -0.478 e. The van der Waals surface area contributed by atoms with Gasteiger partial charge in [-0.15, -0.1) is 0 Å². The van der Waals surface area contributed by atoms with Crippen LogP contribution in [0.2, 0.25) is 0 Å². The summed E-state index contributed by atoms with van der Waals surface area (Å²) in [5.74, 6) is -1.04. The zero-order valence-electron chi connectivity index (χ0n) is 11.6. The monoisotopic (exact) mass is 312 g/mol. The van der Waals surface area contributed by atoms with Gasteiger partial charge in [-0.2, -0.15) is 5.10 Å². The predicted molar refractivity (Wildman–Crippen MR) is 83.8 cm³/mol. The average Bonchev–Trinajstić information content (AvgIpc) is 3.09. The summed E-state index contributed by atoms with van der Waals surface area (Å²) in [5.41, 5.74) is 3.11. The maximum atomic E-state index is 11.3. The van der Waals surface area contributed by atoms with E-state index in [4.69, 9.17) is 0 Å². The van der Waals surface area contributed by atoms with E-state index < -0.39 is 5.97 Å². The molecule has 0 aliphatic carbocycles. The van der Waals surface area contributed by atoms with Crippen LogP contribution in [-0.4, -0.2) is 37.5 Å². The molecule has 110 valence electrons. The van der Waals surface area contributed by atoms with E-state index in [-0.39, 0.29) is 5.56 Å². The summed E-state index contributed by atoms with van der Waals surface area (Å²) >= 11 is 1.37. The van der Waals surface area contributed by atoms with Gasteiger partial charge in [0.2, 0.25) is 0 Å². The van der Waals surface area contributed by atoms with Crippen LogP contribution < -0.4 is 0 Å². The number of carbonyl (C=O) groups is 1. The lowest BCUT2D eigenvalue weighted by Gasteiger charge is -2.07. The number of aromatic carboxylic acids is 1. The fourth-order valence-electron chi connectivity index (χ4n) is 2.06. The highest BCUT2D eigenvalue weighted by atomic mass is 32.2. The second kappa shape index (κ2) is 5.98. The Morgan fingerprint density at radius 1 is 1.18 bits per heavy atom. The molecule has 2 aromatic heterocycles. The van der Waals surface area contributed by atoms with Crippen molar-refractivity contribution in [1.29, 1.82) is 0 Å². The van der Waals surface area contributed by atoms with E-state index in [0.717, 1.165) is 16.8 Å². The van der Waals surface area contributed by atoms with Crippen LogP contribution in [0, 0.1) is 0 Å². The molecule has 2 N–H and O–H groups in total. The zero-order valence-corrected chi connectivity index (χ0v) is 12.5. The van der Waals surface area contributed by atoms with E-state index in [2.05, 4.69) is 20.2 Å². The van der Waals surface area contributed by atoms with Crippen molar-refractivity contribution in [2.75, 3.05) is 6.26 Å². The number of thioether (sulfide) groups is 1. The van der Waals surface area contributed by atoms with Crippen LogP contribution in [0.25, 0.3) is 22.5 Å². The molecular weight excluding hydrogens is 300 g/mol. The summed E-state index contributed by atoms with van der Waals surface area (Å²) in [5, 5.41) is 16.6. The summed E-state index contributed by atoms with van der Waals surface area (Å²) in [7, 11) is 0. The largest absolute Gasteiger partial charge is 0.478 e. The molecule has 0 fully saturated rings. The van der Waals surface area contributed by atoms with E-state index in [9.17, 15) is 9.90 Å². The van der Waals surface area contributed by atoms with Crippen molar-refractivity contribution in [3.05, 3.63) is 48.3 Å². The molecule has 0 saturated heterocycles. The number of benzene rings is 1. The van der Waals surface area contributed by atoms with Gasteiger partial charge in [0, 0.05) is 18.0 Å². The summed E-state index contributed by atoms with van der Waals surface area (Å²) < 4.78 is 0. The Kier molecular flexibility index (Phi) is 3.88. The van der Waals surface area contributed by atoms with Gasteiger partial charge in [-0.3, -0.25) is 5.10 Å². The van der Waals surface area contributed by atoms with Crippen molar-refractivity contribution in [2.24, 2.45) is 0 Å². The molecule has 0 amide bonds. The van der Waals surface area contributed by atoms with Crippen molar-refractivity contribution in [1.82, 2.24) is 20.2 Å². The Hall–Kier alpha value is -2.67. The van der Waals surface area contributed by atoms with E-state index in [1.165, 1.54) is 18.0 Å². The normalized spacial score (nSPS) is 10.6. The van der Waals surface area contributed by atoms with Gasteiger partial charge < -0.3 is 5.11 Å². The van der Waals surface area contributed by atoms with Gasteiger partial charge in [0.05, 0.1) is 11.4 Å². The Morgan fingerprint density at radius 2 is 1.91 bits per heavy atom. The molecule has 0 bridgehead atoms. The van der Waals surface area contributed by atoms with Gasteiger partial charge in [0.25, 0.3) is 0 Å². The molecule has 0 unspecified atom stereocenters. The van der Waals surface area contributed by atoms with Crippen LogP contribution in [0.4, 0.5) is 0 Å². The minimum absolute atomic E-state index is 0.0899. The van der Waals surface area contributed by atoms with E-state index in [1.54, 1.807) is 6.20 Å². The van der Waals surface area contributed by atoms with Crippen molar-refractivity contribution >= 4 is 17.7 Å². The molecule has 0 radical (unpaired) electrons. The van der Waals surface area contributed by atoms with Crippen LogP contribution in [0.5, 0.6) is 0 Å². The van der Waals surface area contributed by atoms with Crippen LogP contribution in [-0.2, 0) is 0 Å². The molecule has 0 spiro atoms.